The molecule has 1 aliphatic carbocycles. The maximum Gasteiger partial charge on any atom is 0.0742 e. The topological polar surface area (TPSA) is 12.9 Å². The number of nitrogens with zero attached hydrogens (tertiary/aromatic N) is 1. The van der Waals surface area contributed by atoms with Crippen LogP contribution in [0.5, 0.6) is 0 Å². The van der Waals surface area contributed by atoms with Crippen LogP contribution in [0.3, 0.4) is 0 Å². The van der Waals surface area contributed by atoms with Crippen molar-refractivity contribution in [2.45, 2.75) is 39.0 Å². The van der Waals surface area contributed by atoms with Gasteiger partial charge in [0.05, 0.1) is 5.52 Å². The Bertz CT molecular complexity index is 530. The van der Waals surface area contributed by atoms with Gasteiger partial charge < -0.3 is 0 Å². The first-order valence-corrected chi connectivity index (χ1v) is 6.16. The highest BCUT2D eigenvalue weighted by molar-refractivity contribution is 5.89. The Balaban J connectivity index is 2.40. The molecule has 82 valence electrons. The normalized spacial score (nSPS) is 14.7. The fourth-order valence-electron chi connectivity index (χ4n) is 2.78. The van der Waals surface area contributed by atoms with E-state index in [-0.39, 0.29) is 0 Å². The van der Waals surface area contributed by atoms with Gasteiger partial charge in [0.25, 0.3) is 0 Å². The van der Waals surface area contributed by atoms with Crippen molar-refractivity contribution in [2.75, 3.05) is 0 Å². The summed E-state index contributed by atoms with van der Waals surface area (Å²) in [6, 6.07) is 6.77. The minimum absolute atomic E-state index is 0.554. The molecule has 0 N–H and O–H groups in total. The van der Waals surface area contributed by atoms with Gasteiger partial charge in [-0.2, -0.15) is 0 Å². The van der Waals surface area contributed by atoms with Gasteiger partial charge in [-0.1, -0.05) is 26.0 Å². The quantitative estimate of drug-likeness (QED) is 0.698. The summed E-state index contributed by atoms with van der Waals surface area (Å²) < 4.78 is 0. The van der Waals surface area contributed by atoms with Crippen molar-refractivity contribution in [2.24, 2.45) is 0 Å². The number of rotatable bonds is 1. The predicted octanol–water partition coefficient (Wildman–Crippen LogP) is 3.85. The van der Waals surface area contributed by atoms with Crippen molar-refractivity contribution >= 4 is 10.9 Å². The van der Waals surface area contributed by atoms with Crippen molar-refractivity contribution in [3.8, 4) is 0 Å². The third-order valence-electron chi connectivity index (χ3n) is 3.61. The molecule has 0 spiro atoms. The summed E-state index contributed by atoms with van der Waals surface area (Å²) in [5, 5.41) is 1.44. The molecule has 0 amide bonds. The van der Waals surface area contributed by atoms with Crippen LogP contribution in [0.4, 0.5) is 0 Å². The van der Waals surface area contributed by atoms with E-state index >= 15 is 0 Å². The lowest BCUT2D eigenvalue weighted by Gasteiger charge is -2.19. The van der Waals surface area contributed by atoms with Crippen LogP contribution in [0, 0.1) is 0 Å². The summed E-state index contributed by atoms with van der Waals surface area (Å²) in [5.74, 6) is 0.554. The molecule has 1 aromatic carbocycles. The van der Waals surface area contributed by atoms with E-state index in [1.165, 1.54) is 46.9 Å². The molecule has 16 heavy (non-hydrogen) atoms. The predicted molar refractivity (Wildman–Crippen MR) is 67.9 cm³/mol. The van der Waals surface area contributed by atoms with Crippen LogP contribution in [0.25, 0.3) is 10.9 Å². The Morgan fingerprint density at radius 3 is 2.56 bits per heavy atom. The van der Waals surface area contributed by atoms with Gasteiger partial charge in [0.2, 0.25) is 0 Å². The van der Waals surface area contributed by atoms with E-state index in [0.717, 1.165) is 0 Å². The number of benzene rings is 1. The molecule has 0 unspecified atom stereocenters. The molecule has 1 heteroatoms. The SMILES string of the molecule is CC(C)c1ccc2c3c(ccnc13)CCC2. The average molecular weight is 211 g/mol. The minimum atomic E-state index is 0.554. The molecule has 1 heterocycles. The zero-order valence-electron chi connectivity index (χ0n) is 9.96. The molecule has 0 bridgehead atoms. The van der Waals surface area contributed by atoms with Crippen LogP contribution in [0.2, 0.25) is 0 Å². The maximum absolute atomic E-state index is 4.61. The van der Waals surface area contributed by atoms with Gasteiger partial charge in [0, 0.05) is 11.6 Å². The number of hydrogen-bond acceptors (Lipinski definition) is 1. The summed E-state index contributed by atoms with van der Waals surface area (Å²) in [6.07, 6.45) is 5.69. The van der Waals surface area contributed by atoms with Crippen molar-refractivity contribution < 1.29 is 0 Å². The Labute approximate surface area is 96.5 Å². The molecule has 0 fully saturated rings. The molecule has 1 aliphatic rings. The van der Waals surface area contributed by atoms with Crippen molar-refractivity contribution in [3.05, 3.63) is 41.1 Å². The minimum Gasteiger partial charge on any atom is -0.256 e. The lowest BCUT2D eigenvalue weighted by atomic mass is 9.87. The van der Waals surface area contributed by atoms with Gasteiger partial charge in [-0.15, -0.1) is 0 Å². The van der Waals surface area contributed by atoms with Crippen molar-refractivity contribution in [1.29, 1.82) is 0 Å². The zero-order chi connectivity index (χ0) is 11.1. The first-order valence-electron chi connectivity index (χ1n) is 6.16. The first-order chi connectivity index (χ1) is 7.77. The molecule has 3 rings (SSSR count). The van der Waals surface area contributed by atoms with E-state index in [9.17, 15) is 0 Å². The molecule has 0 atom stereocenters. The van der Waals surface area contributed by atoms with Crippen LogP contribution in [0.15, 0.2) is 24.4 Å². The van der Waals surface area contributed by atoms with Crippen molar-refractivity contribution in [1.82, 2.24) is 4.98 Å². The lowest BCUT2D eigenvalue weighted by molar-refractivity contribution is 0.802. The van der Waals surface area contributed by atoms with Gasteiger partial charge in [0.1, 0.15) is 0 Å². The van der Waals surface area contributed by atoms with E-state index in [1.807, 2.05) is 6.20 Å². The second kappa shape index (κ2) is 3.58. The van der Waals surface area contributed by atoms with Crippen LogP contribution < -0.4 is 0 Å². The lowest BCUT2D eigenvalue weighted by Crippen LogP contribution is -2.04. The van der Waals surface area contributed by atoms with Gasteiger partial charge in [-0.3, -0.25) is 4.98 Å². The van der Waals surface area contributed by atoms with Gasteiger partial charge in [-0.05, 0) is 47.9 Å². The highest BCUT2D eigenvalue weighted by Gasteiger charge is 2.16. The van der Waals surface area contributed by atoms with E-state index in [2.05, 4.69) is 37.0 Å². The Kier molecular flexibility index (Phi) is 2.20. The van der Waals surface area contributed by atoms with Crippen LogP contribution >= 0.6 is 0 Å². The standard InChI is InChI=1S/C15H17N/c1-10(2)13-7-6-11-4-3-5-12-8-9-16-15(13)14(11)12/h6-10H,3-5H2,1-2H3. The number of pyridine rings is 1. The number of aryl methyl sites for hydroxylation is 2. The fraction of sp³-hybridized carbons (Fsp3) is 0.400. The Hall–Kier alpha value is -1.37. The third-order valence-corrected chi connectivity index (χ3v) is 3.61. The summed E-state index contributed by atoms with van der Waals surface area (Å²) in [5.41, 5.74) is 5.62. The van der Waals surface area contributed by atoms with E-state index in [0.29, 0.717) is 5.92 Å². The molecule has 0 radical (unpaired) electrons. The third kappa shape index (κ3) is 1.35. The second-order valence-electron chi connectivity index (χ2n) is 5.02. The summed E-state index contributed by atoms with van der Waals surface area (Å²) in [7, 11) is 0. The number of hydrogen-bond donors (Lipinski definition) is 0. The summed E-state index contributed by atoms with van der Waals surface area (Å²) in [4.78, 5) is 4.61. The highest BCUT2D eigenvalue weighted by atomic mass is 14.7. The smallest absolute Gasteiger partial charge is 0.0742 e. The van der Waals surface area contributed by atoms with Crippen molar-refractivity contribution in [3.63, 3.8) is 0 Å². The largest absolute Gasteiger partial charge is 0.256 e. The second-order valence-corrected chi connectivity index (χ2v) is 5.02. The molecule has 1 aromatic heterocycles. The summed E-state index contributed by atoms with van der Waals surface area (Å²) in [6.45, 7) is 4.49. The molecule has 2 aromatic rings. The first kappa shape index (κ1) is 9.83. The summed E-state index contributed by atoms with van der Waals surface area (Å²) >= 11 is 0. The number of aromatic nitrogens is 1. The highest BCUT2D eigenvalue weighted by Crippen LogP contribution is 2.32. The Morgan fingerprint density at radius 2 is 1.81 bits per heavy atom. The van der Waals surface area contributed by atoms with Crippen LogP contribution in [0.1, 0.15) is 42.9 Å². The molecule has 1 nitrogen and oxygen atoms in total. The molecular formula is C15H17N. The van der Waals surface area contributed by atoms with Crippen LogP contribution in [-0.2, 0) is 12.8 Å². The molecule has 0 aliphatic heterocycles. The van der Waals surface area contributed by atoms with E-state index in [4.69, 9.17) is 0 Å². The monoisotopic (exact) mass is 211 g/mol. The van der Waals surface area contributed by atoms with Crippen LogP contribution in [-0.4, -0.2) is 4.98 Å². The van der Waals surface area contributed by atoms with Gasteiger partial charge in [0.15, 0.2) is 0 Å². The van der Waals surface area contributed by atoms with Gasteiger partial charge in [-0.25, -0.2) is 0 Å². The average Bonchev–Trinajstić information content (AvgIpc) is 2.30. The van der Waals surface area contributed by atoms with E-state index in [1.54, 1.807) is 0 Å². The maximum atomic E-state index is 4.61. The zero-order valence-corrected chi connectivity index (χ0v) is 9.96. The van der Waals surface area contributed by atoms with E-state index < -0.39 is 0 Å². The fourth-order valence-corrected chi connectivity index (χ4v) is 2.78. The Morgan fingerprint density at radius 1 is 1.06 bits per heavy atom. The molecular weight excluding hydrogens is 194 g/mol. The molecule has 0 saturated carbocycles. The molecule has 0 saturated heterocycles. The van der Waals surface area contributed by atoms with Gasteiger partial charge >= 0.3 is 0 Å².